The molecule has 0 spiro atoms. The highest BCUT2D eigenvalue weighted by Gasteiger charge is 2.27. The summed E-state index contributed by atoms with van der Waals surface area (Å²) in [6.07, 6.45) is 2.03. The number of nitrogens with zero attached hydrogens (tertiary/aromatic N) is 4. The highest BCUT2D eigenvalue weighted by molar-refractivity contribution is 8.00. The van der Waals surface area contributed by atoms with Crippen molar-refractivity contribution in [2.45, 2.75) is 36.6 Å². The molecule has 1 atom stereocenters. The molecule has 32 heavy (non-hydrogen) atoms. The number of benzene rings is 2. The van der Waals surface area contributed by atoms with Crippen LogP contribution in [-0.2, 0) is 22.5 Å². The molecule has 6 nitrogen and oxygen atoms in total. The Labute approximate surface area is 193 Å². The Morgan fingerprint density at radius 3 is 2.72 bits per heavy atom. The first-order valence-electron chi connectivity index (χ1n) is 11.3. The van der Waals surface area contributed by atoms with Gasteiger partial charge in [-0.15, -0.1) is 0 Å². The number of hydrogen-bond acceptors (Lipinski definition) is 6. The molecule has 2 aromatic carbocycles. The van der Waals surface area contributed by atoms with Gasteiger partial charge < -0.3 is 9.64 Å². The van der Waals surface area contributed by atoms with Crippen molar-refractivity contribution >= 4 is 34.3 Å². The minimum Gasteiger partial charge on any atom is -0.379 e. The Morgan fingerprint density at radius 2 is 1.84 bits per heavy atom. The quantitative estimate of drug-likeness (QED) is 0.436. The lowest BCUT2D eigenvalue weighted by Crippen LogP contribution is -2.40. The Morgan fingerprint density at radius 1 is 1.06 bits per heavy atom. The summed E-state index contributed by atoms with van der Waals surface area (Å²) in [5, 5.41) is 1.64. The molecule has 1 saturated heterocycles. The number of fused-ring (bicyclic) bond motifs is 2. The summed E-state index contributed by atoms with van der Waals surface area (Å²) in [5.41, 5.74) is 3.23. The Hall–Kier alpha value is -2.48. The molecule has 3 heterocycles. The van der Waals surface area contributed by atoms with Gasteiger partial charge >= 0.3 is 0 Å². The summed E-state index contributed by atoms with van der Waals surface area (Å²) in [7, 11) is 0. The maximum absolute atomic E-state index is 13.4. The molecule has 0 bridgehead atoms. The SMILES string of the molecule is C[C@@H](Sc1nc(CN2CCOCC2)nc2ccccc12)C(=O)N1CCCc2ccccc21. The first-order chi connectivity index (χ1) is 15.7. The molecule has 3 aromatic rings. The summed E-state index contributed by atoms with van der Waals surface area (Å²) in [6, 6.07) is 16.3. The van der Waals surface area contributed by atoms with Crippen LogP contribution in [0.2, 0.25) is 0 Å². The second-order valence-corrected chi connectivity index (χ2v) is 9.66. The molecular formula is C25H28N4O2S. The van der Waals surface area contributed by atoms with Crippen LogP contribution >= 0.6 is 11.8 Å². The topological polar surface area (TPSA) is 58.6 Å². The highest BCUT2D eigenvalue weighted by atomic mass is 32.2. The van der Waals surface area contributed by atoms with Gasteiger partial charge in [-0.05, 0) is 37.5 Å². The molecular weight excluding hydrogens is 420 g/mol. The van der Waals surface area contributed by atoms with Crippen molar-refractivity contribution in [1.29, 1.82) is 0 Å². The van der Waals surface area contributed by atoms with Crippen LogP contribution in [0.1, 0.15) is 24.7 Å². The zero-order chi connectivity index (χ0) is 21.9. The van der Waals surface area contributed by atoms with Crippen LogP contribution in [0.4, 0.5) is 5.69 Å². The maximum Gasteiger partial charge on any atom is 0.240 e. The summed E-state index contributed by atoms with van der Waals surface area (Å²) in [4.78, 5) is 27.4. The number of thioether (sulfide) groups is 1. The minimum atomic E-state index is -0.240. The zero-order valence-electron chi connectivity index (χ0n) is 18.4. The van der Waals surface area contributed by atoms with Gasteiger partial charge in [0.2, 0.25) is 5.91 Å². The molecule has 2 aliphatic rings. The van der Waals surface area contributed by atoms with Crippen molar-refractivity contribution < 1.29 is 9.53 Å². The van der Waals surface area contributed by atoms with E-state index < -0.39 is 0 Å². The van der Waals surface area contributed by atoms with E-state index in [9.17, 15) is 4.79 Å². The van der Waals surface area contributed by atoms with Gasteiger partial charge in [-0.3, -0.25) is 9.69 Å². The molecule has 5 rings (SSSR count). The van der Waals surface area contributed by atoms with Crippen LogP contribution in [0.25, 0.3) is 10.9 Å². The number of anilines is 1. The third kappa shape index (κ3) is 4.51. The van der Waals surface area contributed by atoms with Gasteiger partial charge in [-0.1, -0.05) is 48.2 Å². The first kappa shape index (κ1) is 21.4. The summed E-state index contributed by atoms with van der Waals surface area (Å²) in [6.45, 7) is 6.74. The molecule has 0 unspecified atom stereocenters. The lowest BCUT2D eigenvalue weighted by atomic mass is 10.0. The number of carbonyl (C=O) groups excluding carboxylic acids is 1. The van der Waals surface area contributed by atoms with Crippen LogP contribution in [0.15, 0.2) is 53.6 Å². The summed E-state index contributed by atoms with van der Waals surface area (Å²) in [5.74, 6) is 0.940. The van der Waals surface area contributed by atoms with E-state index in [0.29, 0.717) is 6.54 Å². The van der Waals surface area contributed by atoms with Crippen molar-refractivity contribution in [2.24, 2.45) is 0 Å². The van der Waals surface area contributed by atoms with E-state index in [-0.39, 0.29) is 11.2 Å². The minimum absolute atomic E-state index is 0.138. The van der Waals surface area contributed by atoms with Crippen molar-refractivity contribution in [2.75, 3.05) is 37.7 Å². The molecule has 7 heteroatoms. The van der Waals surface area contributed by atoms with Gasteiger partial charge in [0.05, 0.1) is 30.5 Å². The van der Waals surface area contributed by atoms with Gasteiger partial charge in [0.25, 0.3) is 0 Å². The predicted molar refractivity (Wildman–Crippen MR) is 128 cm³/mol. The van der Waals surface area contributed by atoms with Crippen LogP contribution in [-0.4, -0.2) is 58.9 Å². The largest absolute Gasteiger partial charge is 0.379 e. The average molecular weight is 449 g/mol. The van der Waals surface area contributed by atoms with Crippen LogP contribution < -0.4 is 4.90 Å². The van der Waals surface area contributed by atoms with E-state index in [0.717, 1.165) is 73.1 Å². The fraction of sp³-hybridized carbons (Fsp3) is 0.400. The van der Waals surface area contributed by atoms with Crippen molar-refractivity contribution in [1.82, 2.24) is 14.9 Å². The van der Waals surface area contributed by atoms with E-state index in [1.54, 1.807) is 11.8 Å². The third-order valence-electron chi connectivity index (χ3n) is 6.10. The second kappa shape index (κ2) is 9.57. The number of rotatable bonds is 5. The van der Waals surface area contributed by atoms with Crippen molar-refractivity contribution in [3.8, 4) is 0 Å². The lowest BCUT2D eigenvalue weighted by molar-refractivity contribution is -0.117. The fourth-order valence-electron chi connectivity index (χ4n) is 4.41. The van der Waals surface area contributed by atoms with Gasteiger partial charge in [0.1, 0.15) is 10.9 Å². The van der Waals surface area contributed by atoms with E-state index in [1.165, 1.54) is 5.56 Å². The summed E-state index contributed by atoms with van der Waals surface area (Å²) >= 11 is 1.54. The number of carbonyl (C=O) groups is 1. The third-order valence-corrected chi connectivity index (χ3v) is 7.19. The molecule has 2 aliphatic heterocycles. The maximum atomic E-state index is 13.4. The van der Waals surface area contributed by atoms with E-state index in [2.05, 4.69) is 17.0 Å². The van der Waals surface area contributed by atoms with Crippen molar-refractivity contribution in [3.05, 3.63) is 59.9 Å². The molecule has 1 amide bonds. The van der Waals surface area contributed by atoms with Gasteiger partial charge in [-0.2, -0.15) is 0 Å². The Balaban J connectivity index is 1.40. The van der Waals surface area contributed by atoms with Gasteiger partial charge in [-0.25, -0.2) is 9.97 Å². The summed E-state index contributed by atoms with van der Waals surface area (Å²) < 4.78 is 5.46. The first-order valence-corrected chi connectivity index (χ1v) is 12.2. The van der Waals surface area contributed by atoms with E-state index in [1.807, 2.05) is 48.2 Å². The number of aryl methyl sites for hydroxylation is 1. The Kier molecular flexibility index (Phi) is 6.39. The molecule has 0 N–H and O–H groups in total. The molecule has 1 fully saturated rings. The lowest BCUT2D eigenvalue weighted by Gasteiger charge is -2.31. The number of hydrogen-bond donors (Lipinski definition) is 0. The monoisotopic (exact) mass is 448 g/mol. The van der Waals surface area contributed by atoms with Crippen molar-refractivity contribution in [3.63, 3.8) is 0 Å². The number of amides is 1. The van der Waals surface area contributed by atoms with Crippen LogP contribution in [0.3, 0.4) is 0 Å². The molecule has 166 valence electrons. The normalized spacial score (nSPS) is 17.8. The highest BCUT2D eigenvalue weighted by Crippen LogP contribution is 2.33. The Bertz CT molecular complexity index is 1120. The van der Waals surface area contributed by atoms with Gasteiger partial charge in [0, 0.05) is 30.7 Å². The molecule has 0 radical (unpaired) electrons. The number of para-hydroxylation sites is 2. The van der Waals surface area contributed by atoms with Gasteiger partial charge in [0.15, 0.2) is 0 Å². The van der Waals surface area contributed by atoms with E-state index in [4.69, 9.17) is 14.7 Å². The van der Waals surface area contributed by atoms with Crippen LogP contribution in [0, 0.1) is 0 Å². The fourth-order valence-corrected chi connectivity index (χ4v) is 5.43. The standard InChI is InChI=1S/C25H28N4O2S/c1-18(25(30)29-12-6-8-19-7-2-5-11-22(19)29)32-24-20-9-3-4-10-21(20)26-23(27-24)17-28-13-15-31-16-14-28/h2-5,7,9-11,18H,6,8,12-17H2,1H3/t18-/m1/s1. The average Bonchev–Trinajstić information content (AvgIpc) is 2.84. The second-order valence-electron chi connectivity index (χ2n) is 8.33. The van der Waals surface area contributed by atoms with Crippen LogP contribution in [0.5, 0.6) is 0 Å². The molecule has 0 aliphatic carbocycles. The van der Waals surface area contributed by atoms with E-state index >= 15 is 0 Å². The molecule has 1 aromatic heterocycles. The number of aromatic nitrogens is 2. The zero-order valence-corrected chi connectivity index (χ0v) is 19.2. The smallest absolute Gasteiger partial charge is 0.240 e. The number of ether oxygens (including phenoxy) is 1. The number of morpholine rings is 1. The predicted octanol–water partition coefficient (Wildman–Crippen LogP) is 3.92. The molecule has 0 saturated carbocycles.